The number of nitrogens with one attached hydrogen (secondary N) is 1. The standard InChI is InChI=1S/C15H21FN2O2.ClH/c1-15(7-8-17-11-15)14(19)18(2)9-10-20-13-6-4-3-5-12(13)16;/h3-6,17H,7-11H2,1-2H3;1H. The van der Waals surface area contributed by atoms with Crippen LogP contribution in [0.3, 0.4) is 0 Å². The van der Waals surface area contributed by atoms with E-state index in [2.05, 4.69) is 5.32 Å². The highest BCUT2D eigenvalue weighted by molar-refractivity contribution is 5.85. The lowest BCUT2D eigenvalue weighted by Gasteiger charge is -2.28. The molecule has 1 N–H and O–H groups in total. The molecule has 1 aromatic carbocycles. The van der Waals surface area contributed by atoms with Crippen LogP contribution in [0.15, 0.2) is 24.3 Å². The molecule has 6 heteroatoms. The lowest BCUT2D eigenvalue weighted by Crippen LogP contribution is -2.43. The molecule has 21 heavy (non-hydrogen) atoms. The van der Waals surface area contributed by atoms with E-state index < -0.39 is 0 Å². The number of benzene rings is 1. The first kappa shape index (κ1) is 17.7. The summed E-state index contributed by atoms with van der Waals surface area (Å²) >= 11 is 0. The Balaban J connectivity index is 0.00000220. The first-order valence-corrected chi connectivity index (χ1v) is 6.86. The Bertz CT molecular complexity index is 478. The second-order valence-corrected chi connectivity index (χ2v) is 5.49. The second kappa shape index (κ2) is 7.61. The first-order valence-electron chi connectivity index (χ1n) is 6.86. The first-order chi connectivity index (χ1) is 9.53. The topological polar surface area (TPSA) is 41.6 Å². The van der Waals surface area contributed by atoms with Crippen molar-refractivity contribution < 1.29 is 13.9 Å². The number of likely N-dealkylation sites (N-methyl/N-ethyl adjacent to an activating group) is 1. The van der Waals surface area contributed by atoms with Crippen molar-refractivity contribution in [3.8, 4) is 5.75 Å². The van der Waals surface area contributed by atoms with Crippen LogP contribution in [0.2, 0.25) is 0 Å². The maximum atomic E-state index is 13.4. The maximum Gasteiger partial charge on any atom is 0.229 e. The van der Waals surface area contributed by atoms with Gasteiger partial charge >= 0.3 is 0 Å². The molecule has 1 aliphatic rings. The van der Waals surface area contributed by atoms with Crippen LogP contribution in [0, 0.1) is 11.2 Å². The van der Waals surface area contributed by atoms with Gasteiger partial charge < -0.3 is 15.0 Å². The predicted octanol–water partition coefficient (Wildman–Crippen LogP) is 2.08. The predicted molar refractivity (Wildman–Crippen MR) is 82.4 cm³/mol. The molecule has 4 nitrogen and oxygen atoms in total. The molecule has 1 aliphatic heterocycles. The maximum absolute atomic E-state index is 13.4. The Morgan fingerprint density at radius 2 is 2.19 bits per heavy atom. The highest BCUT2D eigenvalue weighted by atomic mass is 35.5. The normalized spacial score (nSPS) is 20.7. The van der Waals surface area contributed by atoms with E-state index in [1.165, 1.54) is 6.07 Å². The highest BCUT2D eigenvalue weighted by Gasteiger charge is 2.38. The molecule has 1 fully saturated rings. The highest BCUT2D eigenvalue weighted by Crippen LogP contribution is 2.26. The van der Waals surface area contributed by atoms with Crippen LogP contribution in [0.4, 0.5) is 4.39 Å². The van der Waals surface area contributed by atoms with Gasteiger partial charge in [0.2, 0.25) is 5.91 Å². The molecule has 0 aliphatic carbocycles. The molecule has 1 atom stereocenters. The Morgan fingerprint density at radius 1 is 1.48 bits per heavy atom. The summed E-state index contributed by atoms with van der Waals surface area (Å²) in [6.07, 6.45) is 0.852. The van der Waals surface area contributed by atoms with Crippen LogP contribution < -0.4 is 10.1 Å². The van der Waals surface area contributed by atoms with Crippen LogP contribution in [0.25, 0.3) is 0 Å². The molecule has 0 bridgehead atoms. The fraction of sp³-hybridized carbons (Fsp3) is 0.533. The molecule has 1 unspecified atom stereocenters. The van der Waals surface area contributed by atoms with Gasteiger partial charge in [0.1, 0.15) is 6.61 Å². The SMILES string of the molecule is CN(CCOc1ccccc1F)C(=O)C1(C)CCNC1.Cl. The van der Waals surface area contributed by atoms with Gasteiger partial charge in [-0.05, 0) is 32.0 Å². The fourth-order valence-electron chi connectivity index (χ4n) is 2.42. The average molecular weight is 317 g/mol. The number of rotatable bonds is 5. The van der Waals surface area contributed by atoms with E-state index in [4.69, 9.17) is 4.74 Å². The molecule has 1 amide bonds. The zero-order valence-corrected chi connectivity index (χ0v) is 13.2. The van der Waals surface area contributed by atoms with Gasteiger partial charge in [-0.1, -0.05) is 12.1 Å². The molecular weight excluding hydrogens is 295 g/mol. The van der Waals surface area contributed by atoms with Gasteiger partial charge in [0, 0.05) is 13.6 Å². The smallest absolute Gasteiger partial charge is 0.229 e. The minimum Gasteiger partial charge on any atom is -0.489 e. The third-order valence-electron chi connectivity index (χ3n) is 3.75. The van der Waals surface area contributed by atoms with Crippen molar-refractivity contribution in [3.05, 3.63) is 30.1 Å². The van der Waals surface area contributed by atoms with Crippen molar-refractivity contribution in [3.63, 3.8) is 0 Å². The summed E-state index contributed by atoms with van der Waals surface area (Å²) in [6.45, 7) is 4.30. The summed E-state index contributed by atoms with van der Waals surface area (Å²) in [5.74, 6) is -0.0461. The van der Waals surface area contributed by atoms with E-state index in [0.717, 1.165) is 13.0 Å². The number of hydrogen-bond donors (Lipinski definition) is 1. The number of carbonyl (C=O) groups excluding carboxylic acids is 1. The van der Waals surface area contributed by atoms with Gasteiger partial charge in [0.25, 0.3) is 0 Å². The quantitative estimate of drug-likeness (QED) is 0.904. The third-order valence-corrected chi connectivity index (χ3v) is 3.75. The van der Waals surface area contributed by atoms with Crippen LogP contribution >= 0.6 is 12.4 Å². The molecule has 1 saturated heterocycles. The molecule has 2 rings (SSSR count). The number of halogens is 2. The van der Waals surface area contributed by atoms with Crippen molar-refractivity contribution in [2.24, 2.45) is 5.41 Å². The fourth-order valence-corrected chi connectivity index (χ4v) is 2.42. The molecule has 0 radical (unpaired) electrons. The Kier molecular flexibility index (Phi) is 6.42. The second-order valence-electron chi connectivity index (χ2n) is 5.49. The number of nitrogens with zero attached hydrogens (tertiary/aromatic N) is 1. The van der Waals surface area contributed by atoms with Gasteiger partial charge in [0.15, 0.2) is 11.6 Å². The monoisotopic (exact) mass is 316 g/mol. The van der Waals surface area contributed by atoms with E-state index in [1.54, 1.807) is 30.1 Å². The third kappa shape index (κ3) is 4.32. The molecule has 0 spiro atoms. The molecular formula is C15H22ClFN2O2. The van der Waals surface area contributed by atoms with Crippen LogP contribution in [0.5, 0.6) is 5.75 Å². The number of carbonyl (C=O) groups is 1. The summed E-state index contributed by atoms with van der Waals surface area (Å²) in [5, 5.41) is 3.21. The number of ether oxygens (including phenoxy) is 1. The van der Waals surface area contributed by atoms with Crippen molar-refractivity contribution >= 4 is 18.3 Å². The molecule has 1 heterocycles. The lowest BCUT2D eigenvalue weighted by molar-refractivity contribution is -0.139. The molecule has 1 aromatic rings. The largest absolute Gasteiger partial charge is 0.489 e. The van der Waals surface area contributed by atoms with Gasteiger partial charge in [-0.2, -0.15) is 0 Å². The van der Waals surface area contributed by atoms with Crippen LogP contribution in [-0.2, 0) is 4.79 Å². The molecule has 0 saturated carbocycles. The van der Waals surface area contributed by atoms with Crippen molar-refractivity contribution in [2.45, 2.75) is 13.3 Å². The average Bonchev–Trinajstić information content (AvgIpc) is 2.88. The van der Waals surface area contributed by atoms with Gasteiger partial charge in [-0.25, -0.2) is 4.39 Å². The van der Waals surface area contributed by atoms with E-state index >= 15 is 0 Å². The van der Waals surface area contributed by atoms with E-state index in [0.29, 0.717) is 13.1 Å². The number of hydrogen-bond acceptors (Lipinski definition) is 3. The minimum atomic E-state index is -0.381. The van der Waals surface area contributed by atoms with Gasteiger partial charge in [0.05, 0.1) is 12.0 Å². The van der Waals surface area contributed by atoms with E-state index in [1.807, 2.05) is 6.92 Å². The van der Waals surface area contributed by atoms with Crippen LogP contribution in [-0.4, -0.2) is 44.1 Å². The van der Waals surface area contributed by atoms with E-state index in [-0.39, 0.29) is 41.9 Å². The Labute approximate surface area is 131 Å². The van der Waals surface area contributed by atoms with Crippen molar-refractivity contribution in [1.29, 1.82) is 0 Å². The van der Waals surface area contributed by atoms with Crippen molar-refractivity contribution in [2.75, 3.05) is 33.3 Å². The summed E-state index contributed by atoms with van der Waals surface area (Å²) in [5.41, 5.74) is -0.327. The van der Waals surface area contributed by atoms with Gasteiger partial charge in [-0.3, -0.25) is 4.79 Å². The zero-order chi connectivity index (χ0) is 14.6. The zero-order valence-electron chi connectivity index (χ0n) is 12.4. The number of amides is 1. The molecule has 0 aromatic heterocycles. The Hall–Kier alpha value is -1.33. The summed E-state index contributed by atoms with van der Waals surface area (Å²) < 4.78 is 18.7. The van der Waals surface area contributed by atoms with Gasteiger partial charge in [-0.15, -0.1) is 12.4 Å². The summed E-state index contributed by atoms with van der Waals surface area (Å²) in [7, 11) is 1.76. The van der Waals surface area contributed by atoms with Crippen molar-refractivity contribution in [1.82, 2.24) is 10.2 Å². The molecule has 118 valence electrons. The van der Waals surface area contributed by atoms with E-state index in [9.17, 15) is 9.18 Å². The summed E-state index contributed by atoms with van der Waals surface area (Å²) in [4.78, 5) is 14.0. The van der Waals surface area contributed by atoms with Crippen LogP contribution in [0.1, 0.15) is 13.3 Å². The lowest BCUT2D eigenvalue weighted by atomic mass is 9.88. The summed E-state index contributed by atoms with van der Waals surface area (Å²) in [6, 6.07) is 6.28. The Morgan fingerprint density at radius 3 is 2.81 bits per heavy atom. The number of para-hydroxylation sites is 1. The minimum absolute atomic E-state index is 0.